The fourth-order valence-corrected chi connectivity index (χ4v) is 2.04. The molecule has 0 aromatic heterocycles. The second-order valence-corrected chi connectivity index (χ2v) is 4.36. The van der Waals surface area contributed by atoms with Gasteiger partial charge in [-0.3, -0.25) is 10.3 Å². The lowest BCUT2D eigenvalue weighted by Gasteiger charge is -2.40. The molecule has 0 radical (unpaired) electrons. The van der Waals surface area contributed by atoms with Crippen LogP contribution in [0.2, 0.25) is 0 Å². The standard InChI is InChI=1S/C10H21N3/c1-7-4-5-8(2)13(6-7)9(3)10(11)12/h7-9H,4-6H2,1-3H3,(H3,11,12). The van der Waals surface area contributed by atoms with Crippen LogP contribution in [0.5, 0.6) is 0 Å². The molecule has 3 nitrogen and oxygen atoms in total. The van der Waals surface area contributed by atoms with Crippen LogP contribution in [0.3, 0.4) is 0 Å². The highest BCUT2D eigenvalue weighted by molar-refractivity contribution is 5.82. The first kappa shape index (κ1) is 10.5. The van der Waals surface area contributed by atoms with Crippen molar-refractivity contribution in [3.8, 4) is 0 Å². The molecule has 0 bridgehead atoms. The van der Waals surface area contributed by atoms with Gasteiger partial charge in [0.05, 0.1) is 6.04 Å². The summed E-state index contributed by atoms with van der Waals surface area (Å²) >= 11 is 0. The summed E-state index contributed by atoms with van der Waals surface area (Å²) in [5.74, 6) is 1.04. The van der Waals surface area contributed by atoms with Gasteiger partial charge >= 0.3 is 0 Å². The van der Waals surface area contributed by atoms with Crippen LogP contribution in [0, 0.1) is 11.3 Å². The molecule has 0 aromatic rings. The van der Waals surface area contributed by atoms with Gasteiger partial charge < -0.3 is 5.73 Å². The number of hydrogen-bond acceptors (Lipinski definition) is 2. The second kappa shape index (κ2) is 4.09. The Bertz CT molecular complexity index is 191. The number of nitrogens with two attached hydrogens (primary N) is 1. The summed E-state index contributed by atoms with van der Waals surface area (Å²) in [4.78, 5) is 2.34. The van der Waals surface area contributed by atoms with Crippen LogP contribution in [0.4, 0.5) is 0 Å². The molecule has 1 heterocycles. The van der Waals surface area contributed by atoms with E-state index in [1.165, 1.54) is 12.8 Å². The highest BCUT2D eigenvalue weighted by atomic mass is 15.2. The first-order valence-electron chi connectivity index (χ1n) is 5.12. The number of amidine groups is 1. The quantitative estimate of drug-likeness (QED) is 0.502. The zero-order valence-electron chi connectivity index (χ0n) is 8.88. The van der Waals surface area contributed by atoms with E-state index in [9.17, 15) is 0 Å². The zero-order valence-corrected chi connectivity index (χ0v) is 8.88. The molecule has 1 saturated heterocycles. The minimum Gasteiger partial charge on any atom is -0.386 e. The summed E-state index contributed by atoms with van der Waals surface area (Å²) < 4.78 is 0. The first-order valence-corrected chi connectivity index (χ1v) is 5.12. The van der Waals surface area contributed by atoms with Crippen LogP contribution in [-0.2, 0) is 0 Å². The molecule has 1 aliphatic heterocycles. The maximum absolute atomic E-state index is 7.43. The average molecular weight is 183 g/mol. The van der Waals surface area contributed by atoms with Gasteiger partial charge in [0.2, 0.25) is 0 Å². The normalized spacial score (nSPS) is 32.8. The number of likely N-dealkylation sites (tertiary alicyclic amines) is 1. The van der Waals surface area contributed by atoms with Crippen molar-refractivity contribution in [2.75, 3.05) is 6.54 Å². The van der Waals surface area contributed by atoms with Gasteiger partial charge in [0.25, 0.3) is 0 Å². The predicted molar refractivity (Wildman–Crippen MR) is 55.9 cm³/mol. The highest BCUT2D eigenvalue weighted by Gasteiger charge is 2.27. The second-order valence-electron chi connectivity index (χ2n) is 4.36. The fourth-order valence-electron chi connectivity index (χ4n) is 2.04. The van der Waals surface area contributed by atoms with E-state index < -0.39 is 0 Å². The van der Waals surface area contributed by atoms with Crippen molar-refractivity contribution < 1.29 is 0 Å². The van der Waals surface area contributed by atoms with Crippen molar-refractivity contribution in [3.63, 3.8) is 0 Å². The molecule has 0 aromatic carbocycles. The van der Waals surface area contributed by atoms with Gasteiger partial charge in [0.1, 0.15) is 5.84 Å². The van der Waals surface area contributed by atoms with Gasteiger partial charge in [0.15, 0.2) is 0 Å². The number of nitrogens with one attached hydrogen (secondary N) is 1. The molecular weight excluding hydrogens is 162 g/mol. The smallest absolute Gasteiger partial charge is 0.108 e. The van der Waals surface area contributed by atoms with Crippen LogP contribution in [-0.4, -0.2) is 29.4 Å². The maximum Gasteiger partial charge on any atom is 0.108 e. The molecule has 3 atom stereocenters. The van der Waals surface area contributed by atoms with Gasteiger partial charge in [-0.25, -0.2) is 0 Å². The van der Waals surface area contributed by atoms with E-state index in [1.54, 1.807) is 0 Å². The molecular formula is C10H21N3. The Labute approximate surface area is 80.8 Å². The molecule has 0 amide bonds. The van der Waals surface area contributed by atoms with E-state index in [1.807, 2.05) is 6.92 Å². The molecule has 3 N–H and O–H groups in total. The Morgan fingerprint density at radius 1 is 1.46 bits per heavy atom. The first-order chi connectivity index (χ1) is 6.02. The van der Waals surface area contributed by atoms with Gasteiger partial charge in [0, 0.05) is 12.6 Å². The van der Waals surface area contributed by atoms with E-state index in [0.717, 1.165) is 12.5 Å². The van der Waals surface area contributed by atoms with Crippen molar-refractivity contribution in [3.05, 3.63) is 0 Å². The van der Waals surface area contributed by atoms with Crippen molar-refractivity contribution in [2.24, 2.45) is 11.7 Å². The molecule has 3 unspecified atom stereocenters. The maximum atomic E-state index is 7.43. The minimum absolute atomic E-state index is 0.109. The summed E-state index contributed by atoms with van der Waals surface area (Å²) in [5, 5.41) is 7.43. The van der Waals surface area contributed by atoms with E-state index in [4.69, 9.17) is 11.1 Å². The van der Waals surface area contributed by atoms with E-state index >= 15 is 0 Å². The largest absolute Gasteiger partial charge is 0.386 e. The number of nitrogens with zero attached hydrogens (tertiary/aromatic N) is 1. The predicted octanol–water partition coefficient (Wildman–Crippen LogP) is 1.43. The minimum atomic E-state index is 0.109. The Morgan fingerprint density at radius 2 is 2.08 bits per heavy atom. The molecule has 1 aliphatic rings. The molecule has 1 rings (SSSR count). The average Bonchev–Trinajstić information content (AvgIpc) is 2.08. The van der Waals surface area contributed by atoms with Gasteiger partial charge in [-0.2, -0.15) is 0 Å². The number of hydrogen-bond donors (Lipinski definition) is 2. The summed E-state index contributed by atoms with van der Waals surface area (Å²) in [5.41, 5.74) is 5.52. The Kier molecular flexibility index (Phi) is 3.31. The number of piperidine rings is 1. The lowest BCUT2D eigenvalue weighted by atomic mass is 9.93. The lowest BCUT2D eigenvalue weighted by molar-refractivity contribution is 0.110. The molecule has 1 fully saturated rings. The van der Waals surface area contributed by atoms with Crippen molar-refractivity contribution >= 4 is 5.84 Å². The number of rotatable bonds is 2. The topological polar surface area (TPSA) is 53.1 Å². The lowest BCUT2D eigenvalue weighted by Crippen LogP contribution is -2.51. The van der Waals surface area contributed by atoms with Crippen LogP contribution < -0.4 is 5.73 Å². The Hall–Kier alpha value is -0.570. The van der Waals surface area contributed by atoms with Gasteiger partial charge in [-0.1, -0.05) is 6.92 Å². The highest BCUT2D eigenvalue weighted by Crippen LogP contribution is 2.23. The van der Waals surface area contributed by atoms with Crippen molar-refractivity contribution in [1.29, 1.82) is 5.41 Å². The summed E-state index contributed by atoms with van der Waals surface area (Å²) in [6.07, 6.45) is 2.54. The molecule has 0 saturated carbocycles. The van der Waals surface area contributed by atoms with Gasteiger partial charge in [-0.05, 0) is 32.6 Å². The third-order valence-electron chi connectivity index (χ3n) is 3.11. The van der Waals surface area contributed by atoms with E-state index in [2.05, 4.69) is 18.7 Å². The fraction of sp³-hybridized carbons (Fsp3) is 0.900. The molecule has 0 spiro atoms. The SMILES string of the molecule is CC1CCC(C)N(C(C)C(=N)N)C1. The van der Waals surface area contributed by atoms with Crippen LogP contribution in [0.15, 0.2) is 0 Å². The van der Waals surface area contributed by atoms with Gasteiger partial charge in [-0.15, -0.1) is 0 Å². The third kappa shape index (κ3) is 2.44. The molecule has 76 valence electrons. The Morgan fingerprint density at radius 3 is 2.62 bits per heavy atom. The zero-order chi connectivity index (χ0) is 10.0. The molecule has 0 aliphatic carbocycles. The summed E-state index contributed by atoms with van der Waals surface area (Å²) in [6, 6.07) is 0.688. The molecule has 3 heteroatoms. The third-order valence-corrected chi connectivity index (χ3v) is 3.11. The van der Waals surface area contributed by atoms with Crippen LogP contribution in [0.1, 0.15) is 33.6 Å². The van der Waals surface area contributed by atoms with Crippen LogP contribution >= 0.6 is 0 Å². The Balaban J connectivity index is 2.60. The van der Waals surface area contributed by atoms with E-state index in [0.29, 0.717) is 11.9 Å². The summed E-state index contributed by atoms with van der Waals surface area (Å²) in [6.45, 7) is 7.61. The van der Waals surface area contributed by atoms with Crippen LogP contribution in [0.25, 0.3) is 0 Å². The van der Waals surface area contributed by atoms with Crippen molar-refractivity contribution in [2.45, 2.75) is 45.7 Å². The van der Waals surface area contributed by atoms with E-state index in [-0.39, 0.29) is 6.04 Å². The molecule has 13 heavy (non-hydrogen) atoms. The van der Waals surface area contributed by atoms with Crippen molar-refractivity contribution in [1.82, 2.24) is 4.90 Å². The monoisotopic (exact) mass is 183 g/mol. The summed E-state index contributed by atoms with van der Waals surface area (Å²) in [7, 11) is 0.